The highest BCUT2D eigenvalue weighted by atomic mass is 127. The highest BCUT2D eigenvalue weighted by molar-refractivity contribution is 14.0. The third-order valence-corrected chi connectivity index (χ3v) is 6.21. The van der Waals surface area contributed by atoms with Crippen LogP contribution in [0.2, 0.25) is 0 Å². The number of aryl methyl sites for hydroxylation is 1. The number of hydrogen-bond acceptors (Lipinski definition) is 4. The van der Waals surface area contributed by atoms with Crippen molar-refractivity contribution in [3.8, 4) is 0 Å². The van der Waals surface area contributed by atoms with E-state index in [4.69, 9.17) is 4.74 Å². The number of nitrogens with zero attached hydrogens (tertiary/aromatic N) is 4. The Bertz CT molecular complexity index is 735. The molecule has 0 radical (unpaired) electrons. The van der Waals surface area contributed by atoms with Gasteiger partial charge in [-0.05, 0) is 19.4 Å². The molecule has 0 spiro atoms. The van der Waals surface area contributed by atoms with Crippen LogP contribution in [-0.4, -0.2) is 99.0 Å². The van der Waals surface area contributed by atoms with Crippen molar-refractivity contribution >= 4 is 29.9 Å². The highest BCUT2D eigenvalue weighted by Crippen LogP contribution is 2.25. The van der Waals surface area contributed by atoms with Crippen LogP contribution in [0.4, 0.5) is 13.2 Å². The molecule has 3 rings (SSSR count). The van der Waals surface area contributed by atoms with Gasteiger partial charge in [0.15, 0.2) is 5.96 Å². The van der Waals surface area contributed by atoms with Gasteiger partial charge in [0.1, 0.15) is 6.04 Å². The number of nitrogens with one attached hydrogen (secondary N) is 1. The Morgan fingerprint density at radius 2 is 1.75 bits per heavy atom. The first-order valence-corrected chi connectivity index (χ1v) is 10.9. The van der Waals surface area contributed by atoms with Gasteiger partial charge in [-0.1, -0.05) is 29.8 Å². The Kier molecular flexibility index (Phi) is 10.5. The summed E-state index contributed by atoms with van der Waals surface area (Å²) in [7, 11) is 1.73. The van der Waals surface area contributed by atoms with Crippen molar-refractivity contribution in [3.63, 3.8) is 0 Å². The van der Waals surface area contributed by atoms with E-state index in [1.807, 2.05) is 4.90 Å². The molecule has 6 nitrogen and oxygen atoms in total. The van der Waals surface area contributed by atoms with Crippen molar-refractivity contribution in [3.05, 3.63) is 35.4 Å². The number of ether oxygens (including phenoxy) is 1. The third-order valence-electron chi connectivity index (χ3n) is 6.21. The number of hydrogen-bond donors (Lipinski definition) is 1. The molecular formula is C22H35F3IN5O. The molecule has 0 saturated carbocycles. The molecule has 2 fully saturated rings. The van der Waals surface area contributed by atoms with Crippen LogP contribution in [0, 0.1) is 6.92 Å². The zero-order valence-electron chi connectivity index (χ0n) is 19.1. The molecule has 2 unspecified atom stereocenters. The van der Waals surface area contributed by atoms with Crippen LogP contribution >= 0.6 is 24.0 Å². The van der Waals surface area contributed by atoms with Crippen molar-refractivity contribution in [1.29, 1.82) is 0 Å². The Balaban J connectivity index is 0.00000363. The molecule has 0 amide bonds. The second kappa shape index (κ2) is 12.4. The number of benzene rings is 1. The summed E-state index contributed by atoms with van der Waals surface area (Å²) in [5, 5.41) is 3.48. The molecule has 2 saturated heterocycles. The Labute approximate surface area is 206 Å². The Hall–Kier alpha value is -1.11. The molecule has 2 aliphatic heterocycles. The van der Waals surface area contributed by atoms with Gasteiger partial charge < -0.3 is 15.0 Å². The van der Waals surface area contributed by atoms with E-state index in [0.29, 0.717) is 32.7 Å². The number of alkyl halides is 3. The summed E-state index contributed by atoms with van der Waals surface area (Å²) in [5.41, 5.74) is 2.46. The lowest BCUT2D eigenvalue weighted by atomic mass is 10.0. The third kappa shape index (κ3) is 7.19. The summed E-state index contributed by atoms with van der Waals surface area (Å²) in [6, 6.07) is 7.28. The number of piperazine rings is 1. The molecule has 2 heterocycles. The van der Waals surface area contributed by atoms with Crippen LogP contribution < -0.4 is 5.32 Å². The second-order valence-electron chi connectivity index (χ2n) is 8.25. The summed E-state index contributed by atoms with van der Waals surface area (Å²) in [6.07, 6.45) is -4.19. The fourth-order valence-corrected chi connectivity index (χ4v) is 4.27. The molecule has 1 aromatic rings. The SMILES string of the molecule is CN=C(NCC(c1cccc(C)c1)N1CCOCC1)N1CCN(C(C)C(F)(F)F)CC1.I. The molecule has 1 N–H and O–H groups in total. The largest absolute Gasteiger partial charge is 0.403 e. The lowest BCUT2D eigenvalue weighted by Crippen LogP contribution is -2.57. The first kappa shape index (κ1) is 27.1. The fraction of sp³-hybridized carbons (Fsp3) is 0.682. The van der Waals surface area contributed by atoms with Gasteiger partial charge in [0.25, 0.3) is 0 Å². The van der Waals surface area contributed by atoms with Crippen LogP contribution in [-0.2, 0) is 4.74 Å². The van der Waals surface area contributed by atoms with Crippen LogP contribution in [0.5, 0.6) is 0 Å². The molecule has 2 aliphatic rings. The van der Waals surface area contributed by atoms with Gasteiger partial charge in [-0.3, -0.25) is 14.8 Å². The molecule has 10 heteroatoms. The van der Waals surface area contributed by atoms with Crippen LogP contribution in [0.15, 0.2) is 29.3 Å². The van der Waals surface area contributed by atoms with E-state index in [1.165, 1.54) is 23.0 Å². The number of guanidine groups is 1. The average molecular weight is 569 g/mol. The van der Waals surface area contributed by atoms with E-state index in [0.717, 1.165) is 32.3 Å². The molecule has 2 atom stereocenters. The van der Waals surface area contributed by atoms with E-state index >= 15 is 0 Å². The first-order valence-electron chi connectivity index (χ1n) is 10.9. The van der Waals surface area contributed by atoms with Gasteiger partial charge in [-0.25, -0.2) is 0 Å². The van der Waals surface area contributed by atoms with Gasteiger partial charge in [-0.15, -0.1) is 24.0 Å². The van der Waals surface area contributed by atoms with Gasteiger partial charge in [0.05, 0.1) is 19.3 Å². The molecule has 0 aliphatic carbocycles. The number of halogens is 4. The van der Waals surface area contributed by atoms with Crippen LogP contribution in [0.3, 0.4) is 0 Å². The lowest BCUT2D eigenvalue weighted by molar-refractivity contribution is -0.181. The van der Waals surface area contributed by atoms with Crippen LogP contribution in [0.1, 0.15) is 24.1 Å². The minimum absolute atomic E-state index is 0. The summed E-state index contributed by atoms with van der Waals surface area (Å²) in [4.78, 5) is 10.4. The van der Waals surface area contributed by atoms with Crippen LogP contribution in [0.25, 0.3) is 0 Å². The number of morpholine rings is 1. The zero-order valence-corrected chi connectivity index (χ0v) is 21.4. The Morgan fingerprint density at radius 1 is 1.09 bits per heavy atom. The predicted molar refractivity (Wildman–Crippen MR) is 132 cm³/mol. The summed E-state index contributed by atoms with van der Waals surface area (Å²) < 4.78 is 44.6. The predicted octanol–water partition coefficient (Wildman–Crippen LogP) is 3.13. The number of aliphatic imine (C=N–C) groups is 1. The summed E-state index contributed by atoms with van der Waals surface area (Å²) in [5.74, 6) is 0.741. The molecule has 0 aromatic heterocycles. The molecule has 182 valence electrons. The second-order valence-corrected chi connectivity index (χ2v) is 8.25. The minimum atomic E-state index is -4.19. The molecular weight excluding hydrogens is 534 g/mol. The maximum Gasteiger partial charge on any atom is 0.403 e. The normalized spacial score (nSPS) is 21.1. The minimum Gasteiger partial charge on any atom is -0.379 e. The summed E-state index contributed by atoms with van der Waals surface area (Å²) >= 11 is 0. The fourth-order valence-electron chi connectivity index (χ4n) is 4.27. The quantitative estimate of drug-likeness (QED) is 0.336. The van der Waals surface area contributed by atoms with Gasteiger partial charge in [0, 0.05) is 52.9 Å². The van der Waals surface area contributed by atoms with E-state index in [2.05, 4.69) is 46.4 Å². The van der Waals surface area contributed by atoms with Gasteiger partial charge >= 0.3 is 6.18 Å². The van der Waals surface area contributed by atoms with E-state index in [9.17, 15) is 13.2 Å². The van der Waals surface area contributed by atoms with Crippen molar-refractivity contribution in [2.75, 3.05) is 66.1 Å². The van der Waals surface area contributed by atoms with Gasteiger partial charge in [-0.2, -0.15) is 13.2 Å². The van der Waals surface area contributed by atoms with Crippen molar-refractivity contribution in [2.24, 2.45) is 4.99 Å². The maximum absolute atomic E-state index is 13.0. The van der Waals surface area contributed by atoms with E-state index < -0.39 is 12.2 Å². The molecule has 1 aromatic carbocycles. The molecule has 0 bridgehead atoms. The topological polar surface area (TPSA) is 43.3 Å². The standard InChI is InChI=1S/C22H34F3N5O.HI/c1-17-5-4-6-19(15-17)20(29-11-13-31-14-12-29)16-27-21(26-3)30-9-7-28(8-10-30)18(2)22(23,24)25;/h4-6,15,18,20H,7-14,16H2,1-3H3,(H,26,27);1H. The van der Waals surface area contributed by atoms with E-state index in [-0.39, 0.29) is 30.0 Å². The Morgan fingerprint density at radius 3 is 2.31 bits per heavy atom. The summed E-state index contributed by atoms with van der Waals surface area (Å²) in [6.45, 7) is 8.95. The lowest BCUT2D eigenvalue weighted by Gasteiger charge is -2.40. The first-order chi connectivity index (χ1) is 14.8. The van der Waals surface area contributed by atoms with Crippen molar-refractivity contribution in [2.45, 2.75) is 32.1 Å². The van der Waals surface area contributed by atoms with Crippen molar-refractivity contribution in [1.82, 2.24) is 20.0 Å². The monoisotopic (exact) mass is 569 g/mol. The zero-order chi connectivity index (χ0) is 22.4. The number of rotatable bonds is 5. The van der Waals surface area contributed by atoms with Crippen molar-refractivity contribution < 1.29 is 17.9 Å². The van der Waals surface area contributed by atoms with Gasteiger partial charge in [0.2, 0.25) is 0 Å². The van der Waals surface area contributed by atoms with E-state index in [1.54, 1.807) is 7.05 Å². The highest BCUT2D eigenvalue weighted by Gasteiger charge is 2.41. The maximum atomic E-state index is 13.0. The smallest absolute Gasteiger partial charge is 0.379 e. The average Bonchev–Trinajstić information content (AvgIpc) is 2.76. The molecule has 32 heavy (non-hydrogen) atoms.